The van der Waals surface area contributed by atoms with Gasteiger partial charge in [-0.1, -0.05) is 12.1 Å². The quantitative estimate of drug-likeness (QED) is 0.635. The third kappa shape index (κ3) is 5.65. The molecule has 0 atom stereocenters. The fourth-order valence-corrected chi connectivity index (χ4v) is 3.61. The first kappa shape index (κ1) is 19.0. The predicted molar refractivity (Wildman–Crippen MR) is 84.7 cm³/mol. The summed E-state index contributed by atoms with van der Waals surface area (Å²) in [6.45, 7) is 0.551. The number of aryl methyl sites for hydroxylation is 1. The molecule has 1 rings (SSSR count). The Balaban J connectivity index is 2.66. The molecule has 0 heterocycles. The molecular weight excluding hydrogens is 328 g/mol. The first-order chi connectivity index (χ1) is 10.2. The van der Waals surface area contributed by atoms with Crippen LogP contribution in [0.1, 0.15) is 5.56 Å². The fraction of sp³-hybridized carbons (Fsp3) is 0.538. The Kier molecular flexibility index (Phi) is 6.95. The molecule has 7 nitrogen and oxygen atoms in total. The van der Waals surface area contributed by atoms with Crippen LogP contribution >= 0.6 is 0 Å². The summed E-state index contributed by atoms with van der Waals surface area (Å²) in [6, 6.07) is 6.22. The second-order valence-electron chi connectivity index (χ2n) is 4.89. The highest BCUT2D eigenvalue weighted by Gasteiger charge is 2.17. The normalized spacial score (nSPS) is 12.7. The van der Waals surface area contributed by atoms with E-state index in [0.29, 0.717) is 13.0 Å². The Morgan fingerprint density at radius 3 is 2.18 bits per heavy atom. The summed E-state index contributed by atoms with van der Waals surface area (Å²) in [4.78, 5) is 0.183. The first-order valence-corrected chi connectivity index (χ1v) is 9.76. The van der Waals surface area contributed by atoms with Gasteiger partial charge in [0, 0.05) is 27.7 Å². The van der Waals surface area contributed by atoms with E-state index >= 15 is 0 Å². The Morgan fingerprint density at radius 2 is 1.68 bits per heavy atom. The van der Waals surface area contributed by atoms with Crippen molar-refractivity contribution in [3.63, 3.8) is 0 Å². The molecule has 1 aromatic rings. The average molecular weight is 350 g/mol. The van der Waals surface area contributed by atoms with Crippen LogP contribution in [0.4, 0.5) is 0 Å². The third-order valence-corrected chi connectivity index (χ3v) is 6.20. The molecule has 1 N–H and O–H groups in total. The minimum Gasteiger partial charge on any atom is -0.383 e. The van der Waals surface area contributed by atoms with Gasteiger partial charge in [0.2, 0.25) is 20.0 Å². The Bertz CT molecular complexity index is 667. The van der Waals surface area contributed by atoms with Crippen molar-refractivity contribution in [2.45, 2.75) is 11.3 Å². The molecule has 0 aliphatic rings. The van der Waals surface area contributed by atoms with E-state index in [1.165, 1.54) is 33.3 Å². The van der Waals surface area contributed by atoms with Crippen LogP contribution in [-0.2, 0) is 31.2 Å². The van der Waals surface area contributed by atoms with Crippen molar-refractivity contribution in [2.24, 2.45) is 0 Å². The van der Waals surface area contributed by atoms with Crippen LogP contribution < -0.4 is 4.72 Å². The second-order valence-corrected chi connectivity index (χ2v) is 8.97. The van der Waals surface area contributed by atoms with Crippen LogP contribution in [-0.4, -0.2) is 61.3 Å². The molecule has 0 fully saturated rings. The van der Waals surface area contributed by atoms with Crippen molar-refractivity contribution in [3.05, 3.63) is 29.8 Å². The van der Waals surface area contributed by atoms with Crippen LogP contribution in [0.25, 0.3) is 0 Å². The number of methoxy groups -OCH3 is 1. The van der Waals surface area contributed by atoms with Gasteiger partial charge in [0.15, 0.2) is 0 Å². The number of benzene rings is 1. The van der Waals surface area contributed by atoms with Gasteiger partial charge in [-0.25, -0.2) is 25.9 Å². The summed E-state index contributed by atoms with van der Waals surface area (Å²) in [7, 11) is -2.41. The van der Waals surface area contributed by atoms with Gasteiger partial charge in [-0.3, -0.25) is 0 Å². The van der Waals surface area contributed by atoms with Crippen molar-refractivity contribution < 1.29 is 21.6 Å². The van der Waals surface area contributed by atoms with E-state index in [1.807, 2.05) is 0 Å². The van der Waals surface area contributed by atoms with E-state index in [1.54, 1.807) is 12.1 Å². The predicted octanol–water partition coefficient (Wildman–Crippen LogP) is 0.0452. The topological polar surface area (TPSA) is 92.8 Å². The van der Waals surface area contributed by atoms with Gasteiger partial charge in [0.1, 0.15) is 0 Å². The molecule has 0 spiro atoms. The molecule has 0 saturated carbocycles. The molecule has 0 aliphatic heterocycles. The SMILES string of the molecule is COCCNS(=O)(=O)CCc1ccc(S(=O)(=O)N(C)C)cc1. The zero-order valence-corrected chi connectivity index (χ0v) is 14.6. The first-order valence-electron chi connectivity index (χ1n) is 6.67. The van der Waals surface area contributed by atoms with Gasteiger partial charge < -0.3 is 4.74 Å². The lowest BCUT2D eigenvalue weighted by Crippen LogP contribution is -2.30. The number of rotatable bonds is 9. The summed E-state index contributed by atoms with van der Waals surface area (Å²) in [6.07, 6.45) is 0.310. The minimum atomic E-state index is -3.46. The highest BCUT2D eigenvalue weighted by molar-refractivity contribution is 7.89. The molecule has 0 aromatic heterocycles. The Hall–Kier alpha value is -1.00. The van der Waals surface area contributed by atoms with Crippen LogP contribution in [0.5, 0.6) is 0 Å². The van der Waals surface area contributed by atoms with Gasteiger partial charge in [0.05, 0.1) is 17.3 Å². The summed E-state index contributed by atoms with van der Waals surface area (Å²) >= 11 is 0. The average Bonchev–Trinajstić information content (AvgIpc) is 2.45. The van der Waals surface area contributed by atoms with Crippen molar-refractivity contribution in [2.75, 3.05) is 40.1 Å². The van der Waals surface area contributed by atoms with Crippen molar-refractivity contribution in [1.82, 2.24) is 9.03 Å². The molecule has 0 amide bonds. The van der Waals surface area contributed by atoms with Crippen LogP contribution in [0.3, 0.4) is 0 Å². The summed E-state index contributed by atoms with van der Waals surface area (Å²) < 4.78 is 55.6. The zero-order valence-electron chi connectivity index (χ0n) is 12.9. The van der Waals surface area contributed by atoms with Gasteiger partial charge in [-0.05, 0) is 24.1 Å². The monoisotopic (exact) mass is 350 g/mol. The largest absolute Gasteiger partial charge is 0.383 e. The molecule has 22 heavy (non-hydrogen) atoms. The van der Waals surface area contributed by atoms with Crippen LogP contribution in [0.2, 0.25) is 0 Å². The highest BCUT2D eigenvalue weighted by Crippen LogP contribution is 2.14. The van der Waals surface area contributed by atoms with E-state index in [4.69, 9.17) is 4.74 Å². The fourth-order valence-electron chi connectivity index (χ4n) is 1.66. The molecular formula is C13H22N2O5S2. The van der Waals surface area contributed by atoms with E-state index in [0.717, 1.165) is 9.87 Å². The molecule has 0 bridgehead atoms. The Labute approximate surface area is 132 Å². The molecule has 0 unspecified atom stereocenters. The third-order valence-electron chi connectivity index (χ3n) is 2.99. The maximum absolute atomic E-state index is 11.9. The number of hydrogen-bond donors (Lipinski definition) is 1. The highest BCUT2D eigenvalue weighted by atomic mass is 32.2. The molecule has 0 radical (unpaired) electrons. The van der Waals surface area contributed by atoms with Gasteiger partial charge in [0.25, 0.3) is 0 Å². The number of nitrogens with one attached hydrogen (secondary N) is 1. The summed E-state index contributed by atoms with van der Waals surface area (Å²) in [5.41, 5.74) is 0.759. The van der Waals surface area contributed by atoms with Crippen molar-refractivity contribution >= 4 is 20.0 Å². The Morgan fingerprint density at radius 1 is 1.09 bits per heavy atom. The van der Waals surface area contributed by atoms with E-state index in [-0.39, 0.29) is 17.2 Å². The smallest absolute Gasteiger partial charge is 0.242 e. The molecule has 0 saturated heterocycles. The summed E-state index contributed by atoms with van der Waals surface area (Å²) in [5, 5.41) is 0. The standard InChI is InChI=1S/C13H22N2O5S2/c1-15(2)22(18,19)13-6-4-12(5-7-13)8-11-21(16,17)14-9-10-20-3/h4-7,14H,8-11H2,1-3H3. The van der Waals surface area contributed by atoms with Gasteiger partial charge in [-0.15, -0.1) is 0 Å². The molecule has 1 aromatic carbocycles. The minimum absolute atomic E-state index is 0.0590. The van der Waals surface area contributed by atoms with E-state index < -0.39 is 20.0 Å². The molecule has 0 aliphatic carbocycles. The second kappa shape index (κ2) is 8.02. The zero-order chi connectivity index (χ0) is 16.8. The lowest BCUT2D eigenvalue weighted by molar-refractivity contribution is 0.204. The maximum Gasteiger partial charge on any atom is 0.242 e. The number of nitrogens with zero attached hydrogens (tertiary/aromatic N) is 1. The number of sulfonamides is 2. The van der Waals surface area contributed by atoms with Crippen molar-refractivity contribution in [3.8, 4) is 0 Å². The van der Waals surface area contributed by atoms with E-state index in [9.17, 15) is 16.8 Å². The van der Waals surface area contributed by atoms with E-state index in [2.05, 4.69) is 4.72 Å². The van der Waals surface area contributed by atoms with Gasteiger partial charge in [-0.2, -0.15) is 0 Å². The number of hydrogen-bond acceptors (Lipinski definition) is 5. The molecule has 126 valence electrons. The van der Waals surface area contributed by atoms with Gasteiger partial charge >= 0.3 is 0 Å². The maximum atomic E-state index is 11.9. The molecule has 9 heteroatoms. The number of ether oxygens (including phenoxy) is 1. The van der Waals surface area contributed by atoms with Crippen LogP contribution in [0.15, 0.2) is 29.2 Å². The van der Waals surface area contributed by atoms with Crippen LogP contribution in [0, 0.1) is 0 Å². The summed E-state index contributed by atoms with van der Waals surface area (Å²) in [5.74, 6) is -0.0590. The van der Waals surface area contributed by atoms with Crippen molar-refractivity contribution in [1.29, 1.82) is 0 Å². The lowest BCUT2D eigenvalue weighted by atomic mass is 10.2. The lowest BCUT2D eigenvalue weighted by Gasteiger charge is -2.11.